The SMILES string of the molecule is C=CCCC(=O)C(=O)C(CC(=O)[C@@H]1C[C@@H](OC(=O)N2CCc3ccccc3C2)CN1C(=O)[C@@H](NC(=O)N[C@H](CN1C(=O)CC(C)(C)CC1=O)C(C)(C)C)C1(C)CCCCC1)CC1CC1. The summed E-state index contributed by atoms with van der Waals surface area (Å²) in [6, 6.07) is 4.43. The standard InChI is InChI=1S/C50H71N5O9/c1-8-9-17-38(56)43(60)35(24-32-18-19-32)25-39(57)37-26-36(64-47(63)53-23-20-33-15-11-12-16-34(33)29-53)30-54(37)45(61)44(50(7)21-13-10-14-22-50)52-46(62)51-40(48(2,3)4)31-55-41(58)27-49(5,6)28-42(55)59/h8,11-12,15-16,32,35-37,40,44H,1,9-10,13-14,17-31H2,2-7H3,(H2,51,52,62)/t35?,36-,37+,40-,44-/m1/s1. The van der Waals surface area contributed by atoms with Gasteiger partial charge in [0.2, 0.25) is 23.5 Å². The molecule has 0 radical (unpaired) electrons. The van der Waals surface area contributed by atoms with Crippen LogP contribution in [0.4, 0.5) is 9.59 Å². The number of likely N-dealkylation sites (tertiary alicyclic amines) is 2. The maximum Gasteiger partial charge on any atom is 0.410 e. The minimum Gasteiger partial charge on any atom is -0.444 e. The molecule has 3 heterocycles. The summed E-state index contributed by atoms with van der Waals surface area (Å²) < 4.78 is 6.11. The van der Waals surface area contributed by atoms with Crippen LogP contribution in [0.3, 0.4) is 0 Å². The fraction of sp³-hybridized carbons (Fsp3) is 0.680. The summed E-state index contributed by atoms with van der Waals surface area (Å²) in [5.41, 5.74) is 0.424. The molecule has 2 aliphatic carbocycles. The highest BCUT2D eigenvalue weighted by atomic mass is 16.6. The van der Waals surface area contributed by atoms with Crippen LogP contribution in [0.5, 0.6) is 0 Å². The van der Waals surface area contributed by atoms with Crippen LogP contribution in [0, 0.1) is 28.1 Å². The van der Waals surface area contributed by atoms with Crippen LogP contribution in [-0.4, -0.2) is 106 Å². The van der Waals surface area contributed by atoms with E-state index in [-0.39, 0.29) is 62.9 Å². The number of carbonyl (C=O) groups excluding carboxylic acids is 8. The van der Waals surface area contributed by atoms with E-state index in [1.807, 2.05) is 65.8 Å². The molecule has 6 amide bonds. The lowest BCUT2D eigenvalue weighted by molar-refractivity contribution is -0.153. The van der Waals surface area contributed by atoms with Crippen LogP contribution < -0.4 is 10.6 Å². The van der Waals surface area contributed by atoms with E-state index in [1.54, 1.807) is 11.0 Å². The van der Waals surface area contributed by atoms with E-state index in [9.17, 15) is 33.6 Å². The van der Waals surface area contributed by atoms with Crippen LogP contribution in [0.15, 0.2) is 36.9 Å². The number of nitrogens with one attached hydrogen (secondary N) is 2. The molecule has 14 heteroatoms. The smallest absolute Gasteiger partial charge is 0.410 e. The number of hydrogen-bond acceptors (Lipinski definition) is 9. The van der Waals surface area contributed by atoms with Crippen molar-refractivity contribution < 1.29 is 43.1 Å². The number of fused-ring (bicyclic) bond motifs is 1. The molecule has 14 nitrogen and oxygen atoms in total. The molecule has 6 rings (SSSR count). The van der Waals surface area contributed by atoms with Gasteiger partial charge in [0, 0.05) is 57.7 Å². The van der Waals surface area contributed by atoms with Gasteiger partial charge >= 0.3 is 12.1 Å². The van der Waals surface area contributed by atoms with Gasteiger partial charge in [-0.15, -0.1) is 6.58 Å². The van der Waals surface area contributed by atoms with Crippen LogP contribution >= 0.6 is 0 Å². The van der Waals surface area contributed by atoms with Crippen molar-refractivity contribution in [3.05, 3.63) is 48.0 Å². The third-order valence-corrected chi connectivity index (χ3v) is 14.3. The quantitative estimate of drug-likeness (QED) is 0.0961. The summed E-state index contributed by atoms with van der Waals surface area (Å²) >= 11 is 0. The van der Waals surface area contributed by atoms with Gasteiger partial charge in [-0.05, 0) is 65.4 Å². The minimum atomic E-state index is -1.10. The lowest BCUT2D eigenvalue weighted by atomic mass is 9.70. The topological polar surface area (TPSA) is 180 Å². The van der Waals surface area contributed by atoms with Gasteiger partial charge in [0.15, 0.2) is 11.6 Å². The van der Waals surface area contributed by atoms with Gasteiger partial charge in [0.1, 0.15) is 12.1 Å². The number of urea groups is 1. The number of ether oxygens (including phenoxy) is 1. The summed E-state index contributed by atoms with van der Waals surface area (Å²) in [6.07, 6.45) is 7.50. The first-order valence-corrected chi connectivity index (χ1v) is 23.6. The van der Waals surface area contributed by atoms with Crippen molar-refractivity contribution in [2.75, 3.05) is 19.6 Å². The van der Waals surface area contributed by atoms with Crippen molar-refractivity contribution in [3.63, 3.8) is 0 Å². The van der Waals surface area contributed by atoms with E-state index < -0.39 is 81.8 Å². The van der Waals surface area contributed by atoms with Gasteiger partial charge in [-0.3, -0.25) is 33.7 Å². The molecule has 1 aromatic carbocycles. The molecule has 0 spiro atoms. The van der Waals surface area contributed by atoms with Crippen molar-refractivity contribution in [2.45, 2.75) is 169 Å². The Morgan fingerprint density at radius 2 is 1.59 bits per heavy atom. The van der Waals surface area contributed by atoms with E-state index in [0.717, 1.165) is 37.7 Å². The number of piperidine rings is 1. The van der Waals surface area contributed by atoms with Crippen molar-refractivity contribution in [1.29, 1.82) is 0 Å². The Bertz CT molecular complexity index is 1960. The number of nitrogens with zero attached hydrogens (tertiary/aromatic N) is 3. The summed E-state index contributed by atoms with van der Waals surface area (Å²) in [4.78, 5) is 115. The molecule has 2 saturated carbocycles. The molecule has 5 atom stereocenters. The maximum absolute atomic E-state index is 15.3. The number of hydrogen-bond donors (Lipinski definition) is 2. The fourth-order valence-electron chi connectivity index (χ4n) is 10.1. The maximum atomic E-state index is 15.3. The largest absolute Gasteiger partial charge is 0.444 e. The van der Waals surface area contributed by atoms with Crippen molar-refractivity contribution >= 4 is 47.2 Å². The highest BCUT2D eigenvalue weighted by molar-refractivity contribution is 6.38. The minimum absolute atomic E-state index is 0.00587. The molecule has 2 N–H and O–H groups in total. The third kappa shape index (κ3) is 12.1. The number of allylic oxidation sites excluding steroid dienone is 1. The van der Waals surface area contributed by atoms with Gasteiger partial charge in [0.05, 0.1) is 18.6 Å². The zero-order valence-corrected chi connectivity index (χ0v) is 39.0. The molecule has 3 aliphatic heterocycles. The Morgan fingerprint density at radius 1 is 0.938 bits per heavy atom. The first kappa shape index (κ1) is 48.6. The van der Waals surface area contributed by atoms with E-state index in [4.69, 9.17) is 4.74 Å². The first-order valence-electron chi connectivity index (χ1n) is 23.6. The predicted octanol–water partition coefficient (Wildman–Crippen LogP) is 6.86. The van der Waals surface area contributed by atoms with Crippen molar-refractivity contribution in [2.24, 2.45) is 28.1 Å². The number of benzene rings is 1. The number of carbonyl (C=O) groups is 8. The van der Waals surface area contributed by atoms with Gasteiger partial charge < -0.3 is 25.2 Å². The summed E-state index contributed by atoms with van der Waals surface area (Å²) in [5.74, 6) is -3.20. The normalized spacial score (nSPS) is 23.3. The number of ketones is 3. The Balaban J connectivity index is 1.26. The second-order valence-electron chi connectivity index (χ2n) is 21.4. The monoisotopic (exact) mass is 886 g/mol. The molecular formula is C50H71N5O9. The van der Waals surface area contributed by atoms with Gasteiger partial charge in [-0.2, -0.15) is 0 Å². The van der Waals surface area contributed by atoms with Gasteiger partial charge in [-0.25, -0.2) is 9.59 Å². The number of rotatable bonds is 17. The lowest BCUT2D eigenvalue weighted by Crippen LogP contribution is -2.63. The predicted molar refractivity (Wildman–Crippen MR) is 240 cm³/mol. The highest BCUT2D eigenvalue weighted by Gasteiger charge is 2.50. The zero-order valence-electron chi connectivity index (χ0n) is 39.0. The van der Waals surface area contributed by atoms with Crippen LogP contribution in [-0.2, 0) is 46.5 Å². The molecular weight excluding hydrogens is 815 g/mol. The zero-order chi connectivity index (χ0) is 46.6. The molecule has 0 bridgehead atoms. The van der Waals surface area contributed by atoms with E-state index in [2.05, 4.69) is 17.2 Å². The second-order valence-corrected chi connectivity index (χ2v) is 21.4. The van der Waals surface area contributed by atoms with Crippen LogP contribution in [0.1, 0.15) is 143 Å². The average molecular weight is 886 g/mol. The number of Topliss-reactive ketones (excluding diaryl/α,β-unsaturated/α-hetero) is 3. The van der Waals surface area contributed by atoms with Crippen molar-refractivity contribution in [1.82, 2.24) is 25.3 Å². The molecule has 64 heavy (non-hydrogen) atoms. The molecule has 1 unspecified atom stereocenters. The van der Waals surface area contributed by atoms with Crippen LogP contribution in [0.2, 0.25) is 0 Å². The van der Waals surface area contributed by atoms with E-state index in [1.165, 1.54) is 15.4 Å². The average Bonchev–Trinajstić information content (AvgIpc) is 3.96. The van der Waals surface area contributed by atoms with E-state index in [0.29, 0.717) is 45.2 Å². The Hall–Kier alpha value is -4.88. The Kier molecular flexibility index (Phi) is 15.3. The summed E-state index contributed by atoms with van der Waals surface area (Å²) in [6.45, 7) is 15.8. The number of amides is 6. The molecule has 1 aromatic rings. The van der Waals surface area contributed by atoms with Gasteiger partial charge in [0.25, 0.3) is 0 Å². The summed E-state index contributed by atoms with van der Waals surface area (Å²) in [5, 5.41) is 6.03. The highest BCUT2D eigenvalue weighted by Crippen LogP contribution is 2.42. The molecule has 0 aromatic heterocycles. The second kappa shape index (κ2) is 20.1. The molecule has 350 valence electrons. The van der Waals surface area contributed by atoms with Crippen LogP contribution in [0.25, 0.3) is 0 Å². The molecule has 5 aliphatic rings. The van der Waals surface area contributed by atoms with E-state index >= 15 is 4.79 Å². The van der Waals surface area contributed by atoms with Crippen molar-refractivity contribution in [3.8, 4) is 0 Å². The Morgan fingerprint density at radius 3 is 2.22 bits per heavy atom. The number of imide groups is 1. The molecule has 4 fully saturated rings. The first-order chi connectivity index (χ1) is 30.2. The fourth-order valence-corrected chi connectivity index (χ4v) is 10.1. The Labute approximate surface area is 379 Å². The lowest BCUT2D eigenvalue weighted by Gasteiger charge is -2.43. The van der Waals surface area contributed by atoms with Gasteiger partial charge in [-0.1, -0.05) is 104 Å². The summed E-state index contributed by atoms with van der Waals surface area (Å²) in [7, 11) is 0. The third-order valence-electron chi connectivity index (χ3n) is 14.3. The molecule has 2 saturated heterocycles.